The van der Waals surface area contributed by atoms with E-state index in [1.165, 1.54) is 0 Å². The number of aliphatic imine (C=N–C) groups is 1. The zero-order valence-corrected chi connectivity index (χ0v) is 17.8. The van der Waals surface area contributed by atoms with E-state index < -0.39 is 0 Å². The van der Waals surface area contributed by atoms with Crippen LogP contribution < -0.4 is 15.5 Å². The first-order valence-corrected chi connectivity index (χ1v) is 10.7. The number of imidazole rings is 1. The van der Waals surface area contributed by atoms with Crippen molar-refractivity contribution < 1.29 is 4.79 Å². The third-order valence-corrected chi connectivity index (χ3v) is 5.31. The summed E-state index contributed by atoms with van der Waals surface area (Å²) in [5, 5.41) is 6.73. The van der Waals surface area contributed by atoms with Crippen molar-refractivity contribution in [1.82, 2.24) is 20.2 Å². The van der Waals surface area contributed by atoms with Crippen LogP contribution in [0.3, 0.4) is 0 Å². The van der Waals surface area contributed by atoms with Gasteiger partial charge in [-0.15, -0.1) is 0 Å². The lowest BCUT2D eigenvalue weighted by Gasteiger charge is -2.16. The average Bonchev–Trinajstić information content (AvgIpc) is 3.48. The van der Waals surface area contributed by atoms with Crippen LogP contribution in [0, 0.1) is 0 Å². The number of rotatable bonds is 7. The third kappa shape index (κ3) is 5.12. The van der Waals surface area contributed by atoms with Gasteiger partial charge < -0.3 is 20.1 Å². The van der Waals surface area contributed by atoms with E-state index in [2.05, 4.69) is 34.7 Å². The Labute approximate surface area is 182 Å². The fourth-order valence-corrected chi connectivity index (χ4v) is 3.71. The number of hydrogen-bond acceptors (Lipinski definition) is 3. The number of anilines is 1. The molecule has 2 heterocycles. The highest BCUT2D eigenvalue weighted by molar-refractivity contribution is 5.95. The predicted molar refractivity (Wildman–Crippen MR) is 123 cm³/mol. The van der Waals surface area contributed by atoms with E-state index >= 15 is 0 Å². The van der Waals surface area contributed by atoms with Gasteiger partial charge in [-0.3, -0.25) is 4.79 Å². The van der Waals surface area contributed by atoms with Gasteiger partial charge in [0.25, 0.3) is 0 Å². The zero-order chi connectivity index (χ0) is 21.5. The summed E-state index contributed by atoms with van der Waals surface area (Å²) < 4.78 is 2.01. The van der Waals surface area contributed by atoms with Gasteiger partial charge in [-0.25, -0.2) is 9.98 Å². The van der Waals surface area contributed by atoms with E-state index in [-0.39, 0.29) is 5.91 Å². The van der Waals surface area contributed by atoms with Gasteiger partial charge in [-0.2, -0.15) is 0 Å². The van der Waals surface area contributed by atoms with Gasteiger partial charge in [0.1, 0.15) is 0 Å². The van der Waals surface area contributed by atoms with Crippen LogP contribution in [0.15, 0.2) is 72.2 Å². The molecular weight excluding hydrogens is 388 g/mol. The van der Waals surface area contributed by atoms with Gasteiger partial charge in [0.2, 0.25) is 5.91 Å². The smallest absolute Gasteiger partial charge is 0.227 e. The number of amides is 1. The van der Waals surface area contributed by atoms with Crippen molar-refractivity contribution >= 4 is 17.6 Å². The van der Waals surface area contributed by atoms with Crippen molar-refractivity contribution in [3.8, 4) is 5.69 Å². The summed E-state index contributed by atoms with van der Waals surface area (Å²) in [4.78, 5) is 22.7. The molecule has 1 amide bonds. The number of aromatic nitrogens is 2. The lowest BCUT2D eigenvalue weighted by molar-refractivity contribution is -0.117. The number of carbonyl (C=O) groups excluding carboxylic acids is 1. The summed E-state index contributed by atoms with van der Waals surface area (Å²) in [6.45, 7) is 4.86. The fourth-order valence-electron chi connectivity index (χ4n) is 3.71. The Hall–Kier alpha value is -3.61. The quantitative estimate of drug-likeness (QED) is 0.458. The third-order valence-electron chi connectivity index (χ3n) is 5.31. The SMILES string of the molecule is CCNC(=NCc1ccc(N2CCCC2=O)cc1)NCc1ccccc1-n1ccnc1. The van der Waals surface area contributed by atoms with Crippen molar-refractivity contribution in [2.45, 2.75) is 32.9 Å². The highest BCUT2D eigenvalue weighted by Crippen LogP contribution is 2.21. The lowest BCUT2D eigenvalue weighted by atomic mass is 10.1. The van der Waals surface area contributed by atoms with E-state index in [9.17, 15) is 4.79 Å². The Balaban J connectivity index is 1.41. The van der Waals surface area contributed by atoms with Gasteiger partial charge in [-0.05, 0) is 42.7 Å². The second-order valence-electron chi connectivity index (χ2n) is 7.46. The van der Waals surface area contributed by atoms with Crippen molar-refractivity contribution in [2.75, 3.05) is 18.0 Å². The first kappa shape index (κ1) is 20.7. The molecule has 1 saturated heterocycles. The Morgan fingerprint density at radius 1 is 1.13 bits per heavy atom. The first-order valence-electron chi connectivity index (χ1n) is 10.7. The molecule has 0 unspecified atom stereocenters. The van der Waals surface area contributed by atoms with Crippen LogP contribution in [0.2, 0.25) is 0 Å². The molecule has 0 aliphatic carbocycles. The minimum atomic E-state index is 0.209. The molecule has 7 heteroatoms. The second kappa shape index (κ2) is 9.93. The van der Waals surface area contributed by atoms with Gasteiger partial charge in [-0.1, -0.05) is 30.3 Å². The summed E-state index contributed by atoms with van der Waals surface area (Å²) in [7, 11) is 0. The minimum Gasteiger partial charge on any atom is -0.357 e. The lowest BCUT2D eigenvalue weighted by Crippen LogP contribution is -2.37. The van der Waals surface area contributed by atoms with E-state index in [1.54, 1.807) is 12.5 Å². The number of carbonyl (C=O) groups is 1. The van der Waals surface area contributed by atoms with Crippen LogP contribution in [-0.2, 0) is 17.9 Å². The predicted octanol–water partition coefficient (Wildman–Crippen LogP) is 3.25. The monoisotopic (exact) mass is 416 g/mol. The molecule has 1 aliphatic rings. The molecule has 1 aliphatic heterocycles. The standard InChI is InChI=1S/C24H28N6O/c1-2-26-24(28-17-20-6-3-4-7-22(20)29-15-13-25-18-29)27-16-19-9-11-21(12-10-19)30-14-5-8-23(30)31/h3-4,6-7,9-13,15,18H,2,5,8,14,16-17H2,1H3,(H2,26,27,28). The number of hydrogen-bond donors (Lipinski definition) is 2. The highest BCUT2D eigenvalue weighted by atomic mass is 16.2. The van der Waals surface area contributed by atoms with Gasteiger partial charge in [0.15, 0.2) is 5.96 Å². The molecule has 2 N–H and O–H groups in total. The van der Waals surface area contributed by atoms with Crippen LogP contribution in [0.25, 0.3) is 5.69 Å². The molecule has 4 rings (SSSR count). The zero-order valence-electron chi connectivity index (χ0n) is 17.8. The molecule has 0 bridgehead atoms. The molecule has 0 saturated carbocycles. The van der Waals surface area contributed by atoms with Gasteiger partial charge in [0.05, 0.1) is 18.6 Å². The minimum absolute atomic E-state index is 0.209. The van der Waals surface area contributed by atoms with Crippen molar-refractivity contribution in [2.24, 2.45) is 4.99 Å². The first-order chi connectivity index (χ1) is 15.2. The largest absolute Gasteiger partial charge is 0.357 e. The van der Waals surface area contributed by atoms with Crippen molar-refractivity contribution in [3.63, 3.8) is 0 Å². The number of para-hydroxylation sites is 1. The number of guanidine groups is 1. The molecule has 0 radical (unpaired) electrons. The molecular formula is C24H28N6O. The van der Waals surface area contributed by atoms with E-state index in [0.29, 0.717) is 19.5 Å². The molecule has 160 valence electrons. The maximum absolute atomic E-state index is 11.9. The maximum atomic E-state index is 11.9. The molecule has 0 spiro atoms. The molecule has 31 heavy (non-hydrogen) atoms. The summed E-state index contributed by atoms with van der Waals surface area (Å²) >= 11 is 0. The highest BCUT2D eigenvalue weighted by Gasteiger charge is 2.21. The number of benzene rings is 2. The summed E-state index contributed by atoms with van der Waals surface area (Å²) in [6, 6.07) is 16.3. The van der Waals surface area contributed by atoms with E-state index in [1.807, 2.05) is 52.1 Å². The second-order valence-corrected chi connectivity index (χ2v) is 7.46. The maximum Gasteiger partial charge on any atom is 0.227 e. The fraction of sp³-hybridized carbons (Fsp3) is 0.292. The molecule has 7 nitrogen and oxygen atoms in total. The normalized spacial score (nSPS) is 14.2. The van der Waals surface area contributed by atoms with E-state index in [0.717, 1.165) is 48.0 Å². The molecule has 0 atom stereocenters. The van der Waals surface area contributed by atoms with Gasteiger partial charge in [0, 0.05) is 44.1 Å². The molecule has 1 aromatic heterocycles. The molecule has 2 aromatic carbocycles. The molecule has 3 aromatic rings. The number of nitrogens with one attached hydrogen (secondary N) is 2. The Morgan fingerprint density at radius 2 is 1.97 bits per heavy atom. The van der Waals surface area contributed by atoms with Crippen LogP contribution in [0.5, 0.6) is 0 Å². The van der Waals surface area contributed by atoms with Crippen LogP contribution >= 0.6 is 0 Å². The summed E-state index contributed by atoms with van der Waals surface area (Å²) in [5.41, 5.74) is 4.32. The van der Waals surface area contributed by atoms with Crippen LogP contribution in [-0.4, -0.2) is 34.5 Å². The van der Waals surface area contributed by atoms with E-state index in [4.69, 9.17) is 4.99 Å². The van der Waals surface area contributed by atoms with Crippen LogP contribution in [0.4, 0.5) is 5.69 Å². The summed E-state index contributed by atoms with van der Waals surface area (Å²) in [5.74, 6) is 0.974. The number of nitrogens with zero attached hydrogens (tertiary/aromatic N) is 4. The Kier molecular flexibility index (Phi) is 6.62. The Bertz CT molecular complexity index is 1030. The summed E-state index contributed by atoms with van der Waals surface area (Å²) in [6.07, 6.45) is 7.11. The molecule has 1 fully saturated rings. The average molecular weight is 417 g/mol. The van der Waals surface area contributed by atoms with Crippen molar-refractivity contribution in [3.05, 3.63) is 78.4 Å². The van der Waals surface area contributed by atoms with Crippen molar-refractivity contribution in [1.29, 1.82) is 0 Å². The van der Waals surface area contributed by atoms with Crippen LogP contribution in [0.1, 0.15) is 30.9 Å². The van der Waals surface area contributed by atoms with Gasteiger partial charge >= 0.3 is 0 Å². The Morgan fingerprint density at radius 3 is 2.68 bits per heavy atom. The topological polar surface area (TPSA) is 74.6 Å².